The highest BCUT2D eigenvalue weighted by Gasteiger charge is 2.35. The van der Waals surface area contributed by atoms with Gasteiger partial charge in [0, 0.05) is 16.2 Å². The number of aryl methyl sites for hydroxylation is 3. The number of fused-ring (bicyclic) bond motifs is 2. The Morgan fingerprint density at radius 2 is 0.938 bits per heavy atom. The van der Waals surface area contributed by atoms with E-state index in [0.29, 0.717) is 35.6 Å². The van der Waals surface area contributed by atoms with E-state index in [2.05, 4.69) is 0 Å². The van der Waals surface area contributed by atoms with Crippen LogP contribution < -0.4 is 11.5 Å². The molecule has 7 rings (SSSR count). The molecule has 6 N–H and O–H groups in total. The molecule has 0 saturated heterocycles. The molecule has 0 heterocycles. The zero-order valence-electron chi connectivity index (χ0n) is 25.7. The number of carbonyl (C=O) groups is 4. The molecule has 0 bridgehead atoms. The molecule has 7 aromatic carbocycles. The number of carboxylic acid groups (broad SMARTS) is 2. The van der Waals surface area contributed by atoms with Gasteiger partial charge in [-0.1, -0.05) is 97.1 Å². The first-order chi connectivity index (χ1) is 23.2. The van der Waals surface area contributed by atoms with E-state index in [0.717, 1.165) is 32.8 Å². The standard InChI is InChI=1S/C40H30N2O6/c41-37(43)34-30-27-16-8-14-23-13-7-15-26(28(23)27)29-24(19-17-21-9-3-1-4-10-21)25(20-18-22-11-5-2-6-12-22)31(39(45)46)33(32(29)30)36(40(47)48)35(34)38(42)44/h1-16H,17-20H2,(H2,41,43)(H2,42,44)(H,45,46)(H,47,48). The van der Waals surface area contributed by atoms with Crippen LogP contribution in [0.3, 0.4) is 0 Å². The fraction of sp³-hybridized carbons (Fsp3) is 0.100. The molecule has 0 spiro atoms. The van der Waals surface area contributed by atoms with Crippen molar-refractivity contribution in [2.75, 3.05) is 0 Å². The lowest BCUT2D eigenvalue weighted by atomic mass is 9.76. The molecule has 0 saturated carbocycles. The van der Waals surface area contributed by atoms with Crippen molar-refractivity contribution in [3.63, 3.8) is 0 Å². The normalized spacial score (nSPS) is 11.5. The van der Waals surface area contributed by atoms with E-state index >= 15 is 0 Å². The van der Waals surface area contributed by atoms with Gasteiger partial charge in [-0.15, -0.1) is 0 Å². The first-order valence-electron chi connectivity index (χ1n) is 15.6. The molecule has 8 nitrogen and oxygen atoms in total. The van der Waals surface area contributed by atoms with E-state index in [1.807, 2.05) is 84.9 Å². The summed E-state index contributed by atoms with van der Waals surface area (Å²) in [4.78, 5) is 53.2. The van der Waals surface area contributed by atoms with Gasteiger partial charge in [0.25, 0.3) is 0 Å². The predicted molar refractivity (Wildman–Crippen MR) is 186 cm³/mol. The highest BCUT2D eigenvalue weighted by Crippen LogP contribution is 2.48. The Balaban J connectivity index is 1.77. The molecule has 48 heavy (non-hydrogen) atoms. The van der Waals surface area contributed by atoms with Gasteiger partial charge in [0.15, 0.2) is 0 Å². The van der Waals surface area contributed by atoms with Crippen molar-refractivity contribution in [1.29, 1.82) is 0 Å². The molecule has 0 aromatic heterocycles. The van der Waals surface area contributed by atoms with E-state index in [1.54, 1.807) is 12.1 Å². The molecule has 0 atom stereocenters. The molecular formula is C40H30N2O6. The Hall–Kier alpha value is -6.28. The summed E-state index contributed by atoms with van der Waals surface area (Å²) in [5.41, 5.74) is 13.2. The van der Waals surface area contributed by atoms with Gasteiger partial charge in [-0.05, 0) is 74.9 Å². The lowest BCUT2D eigenvalue weighted by molar-refractivity contribution is 0.0693. The van der Waals surface area contributed by atoms with E-state index in [4.69, 9.17) is 11.5 Å². The Morgan fingerprint density at radius 3 is 1.44 bits per heavy atom. The molecular weight excluding hydrogens is 604 g/mol. The summed E-state index contributed by atoms with van der Waals surface area (Å²) in [5, 5.41) is 25.6. The van der Waals surface area contributed by atoms with E-state index < -0.39 is 34.9 Å². The third-order valence-corrected chi connectivity index (χ3v) is 9.34. The lowest BCUT2D eigenvalue weighted by Crippen LogP contribution is -2.26. The van der Waals surface area contributed by atoms with Crippen molar-refractivity contribution in [3.8, 4) is 0 Å². The first-order valence-corrected chi connectivity index (χ1v) is 15.6. The van der Waals surface area contributed by atoms with Crippen LogP contribution in [-0.2, 0) is 25.7 Å². The number of hydrogen-bond donors (Lipinski definition) is 4. The molecule has 0 aliphatic heterocycles. The van der Waals surface area contributed by atoms with Crippen molar-refractivity contribution in [2.45, 2.75) is 25.7 Å². The Morgan fingerprint density at radius 1 is 0.438 bits per heavy atom. The van der Waals surface area contributed by atoms with Gasteiger partial charge in [-0.25, -0.2) is 9.59 Å². The maximum Gasteiger partial charge on any atom is 0.337 e. The Labute approximate surface area is 274 Å². The van der Waals surface area contributed by atoms with Crippen molar-refractivity contribution in [1.82, 2.24) is 0 Å². The Bertz CT molecular complexity index is 2450. The van der Waals surface area contributed by atoms with Gasteiger partial charge < -0.3 is 21.7 Å². The van der Waals surface area contributed by atoms with Crippen LogP contribution in [0.5, 0.6) is 0 Å². The number of primary amides is 2. The predicted octanol–water partition coefficient (Wildman–Crippen LogP) is 6.90. The van der Waals surface area contributed by atoms with Gasteiger partial charge in [0.05, 0.1) is 22.3 Å². The SMILES string of the molecule is NC(=O)c1c(C(=O)O)c2c(C(=O)O)c(CCc3ccccc3)c(CCc3ccccc3)c3c4cccc5cccc(c(c1C(N)=O)c23)c54. The van der Waals surface area contributed by atoms with Crippen LogP contribution in [-0.4, -0.2) is 34.0 Å². The largest absolute Gasteiger partial charge is 0.478 e. The van der Waals surface area contributed by atoms with Crippen LogP contribution in [0.25, 0.3) is 43.1 Å². The molecule has 7 aromatic rings. The summed E-state index contributed by atoms with van der Waals surface area (Å²) >= 11 is 0. The fourth-order valence-corrected chi connectivity index (χ4v) is 7.50. The second-order valence-electron chi connectivity index (χ2n) is 12.0. The van der Waals surface area contributed by atoms with Crippen molar-refractivity contribution in [3.05, 3.63) is 142 Å². The van der Waals surface area contributed by atoms with Crippen molar-refractivity contribution < 1.29 is 29.4 Å². The number of rotatable bonds is 10. The molecule has 0 aliphatic carbocycles. The zero-order chi connectivity index (χ0) is 33.7. The van der Waals surface area contributed by atoms with E-state index in [1.165, 1.54) is 0 Å². The molecule has 0 radical (unpaired) electrons. The minimum Gasteiger partial charge on any atom is -0.478 e. The van der Waals surface area contributed by atoms with Crippen LogP contribution in [0.4, 0.5) is 0 Å². The first kappa shape index (κ1) is 30.4. The van der Waals surface area contributed by atoms with E-state index in [9.17, 15) is 29.4 Å². The monoisotopic (exact) mass is 634 g/mol. The Kier molecular flexibility index (Phi) is 7.48. The third kappa shape index (κ3) is 4.77. The van der Waals surface area contributed by atoms with Gasteiger partial charge in [0.1, 0.15) is 0 Å². The summed E-state index contributed by atoms with van der Waals surface area (Å²) in [6.45, 7) is 0. The second kappa shape index (κ2) is 11.8. The average Bonchev–Trinajstić information content (AvgIpc) is 3.08. The highest BCUT2D eigenvalue weighted by atomic mass is 16.4. The molecule has 0 fully saturated rings. The summed E-state index contributed by atoms with van der Waals surface area (Å²) in [7, 11) is 0. The molecule has 0 aliphatic rings. The topological polar surface area (TPSA) is 161 Å². The number of carbonyl (C=O) groups excluding carboxylic acids is 2. The smallest absolute Gasteiger partial charge is 0.337 e. The number of hydrogen-bond acceptors (Lipinski definition) is 4. The molecule has 8 heteroatoms. The summed E-state index contributed by atoms with van der Waals surface area (Å²) < 4.78 is 0. The number of benzene rings is 7. The summed E-state index contributed by atoms with van der Waals surface area (Å²) in [5.74, 6) is -5.17. The highest BCUT2D eigenvalue weighted by molar-refractivity contribution is 6.41. The van der Waals surface area contributed by atoms with Crippen LogP contribution in [0.1, 0.15) is 63.7 Å². The van der Waals surface area contributed by atoms with Crippen LogP contribution in [0.2, 0.25) is 0 Å². The molecule has 2 amide bonds. The number of aromatic carboxylic acids is 2. The fourth-order valence-electron chi connectivity index (χ4n) is 7.50. The van der Waals surface area contributed by atoms with Crippen molar-refractivity contribution >= 4 is 66.8 Å². The van der Waals surface area contributed by atoms with E-state index in [-0.39, 0.29) is 33.7 Å². The van der Waals surface area contributed by atoms with Gasteiger partial charge in [-0.3, -0.25) is 9.59 Å². The van der Waals surface area contributed by atoms with Crippen LogP contribution in [0.15, 0.2) is 97.1 Å². The summed E-state index contributed by atoms with van der Waals surface area (Å²) in [6, 6.07) is 30.7. The number of amides is 2. The second-order valence-corrected chi connectivity index (χ2v) is 12.0. The minimum atomic E-state index is -1.59. The van der Waals surface area contributed by atoms with Gasteiger partial charge in [0.2, 0.25) is 11.8 Å². The van der Waals surface area contributed by atoms with Crippen LogP contribution >= 0.6 is 0 Å². The zero-order valence-corrected chi connectivity index (χ0v) is 25.7. The quantitative estimate of drug-likeness (QED) is 0.0945. The third-order valence-electron chi connectivity index (χ3n) is 9.34. The summed E-state index contributed by atoms with van der Waals surface area (Å²) in [6.07, 6.45) is 1.73. The minimum absolute atomic E-state index is 0.142. The maximum atomic E-state index is 13.5. The number of nitrogens with two attached hydrogens (primary N) is 2. The van der Waals surface area contributed by atoms with Gasteiger partial charge in [-0.2, -0.15) is 0 Å². The van der Waals surface area contributed by atoms with Crippen molar-refractivity contribution in [2.24, 2.45) is 11.5 Å². The molecule has 0 unspecified atom stereocenters. The number of carboxylic acids is 2. The maximum absolute atomic E-state index is 13.5. The molecule has 236 valence electrons. The average molecular weight is 635 g/mol. The van der Waals surface area contributed by atoms with Crippen LogP contribution in [0, 0.1) is 0 Å². The van der Waals surface area contributed by atoms with Gasteiger partial charge >= 0.3 is 11.9 Å². The lowest BCUT2D eigenvalue weighted by Gasteiger charge is -2.26.